The van der Waals surface area contributed by atoms with Gasteiger partial charge in [-0.3, -0.25) is 9.69 Å². The van der Waals surface area contributed by atoms with E-state index in [1.54, 1.807) is 38.3 Å². The normalized spacial score (nSPS) is 16.2. The first-order valence-corrected chi connectivity index (χ1v) is 7.52. The zero-order valence-electron chi connectivity index (χ0n) is 12.2. The molecule has 1 amide bonds. The van der Waals surface area contributed by atoms with Crippen molar-refractivity contribution in [2.75, 3.05) is 24.4 Å². The number of ether oxygens (including phenoxy) is 2. The van der Waals surface area contributed by atoms with E-state index in [4.69, 9.17) is 9.47 Å². The number of hydrogen-bond acceptors (Lipinski definition) is 6. The van der Waals surface area contributed by atoms with Crippen LogP contribution < -0.4 is 9.64 Å². The predicted octanol–water partition coefficient (Wildman–Crippen LogP) is 2.07. The lowest BCUT2D eigenvalue weighted by atomic mass is 10.2. The Hall–Kier alpha value is -2.46. The molecule has 0 radical (unpaired) electrons. The van der Waals surface area contributed by atoms with Gasteiger partial charge in [0.15, 0.2) is 5.57 Å². The molecule has 1 aliphatic heterocycles. The summed E-state index contributed by atoms with van der Waals surface area (Å²) in [4.78, 5) is 25.4. The Morgan fingerprint density at radius 3 is 2.64 bits per heavy atom. The highest BCUT2D eigenvalue weighted by Gasteiger charge is 2.33. The van der Waals surface area contributed by atoms with Crippen LogP contribution in [-0.2, 0) is 14.3 Å². The number of anilines is 1. The van der Waals surface area contributed by atoms with E-state index in [1.165, 1.54) is 4.90 Å². The number of carbonyl (C=O) groups excluding carboxylic acids is 2. The van der Waals surface area contributed by atoms with Crippen LogP contribution in [0.2, 0.25) is 0 Å². The predicted molar refractivity (Wildman–Crippen MR) is 82.2 cm³/mol. The lowest BCUT2D eigenvalue weighted by molar-refractivity contribution is -0.138. The number of esters is 1. The second-order valence-electron chi connectivity index (χ2n) is 4.23. The number of thioether (sulfide) groups is 1. The molecule has 1 aromatic rings. The summed E-state index contributed by atoms with van der Waals surface area (Å²) in [5, 5.41) is 9.54. The molecule has 7 heteroatoms. The molecule has 0 N–H and O–H groups in total. The second-order valence-corrected chi connectivity index (χ2v) is 5.19. The van der Waals surface area contributed by atoms with Crippen molar-refractivity contribution in [1.82, 2.24) is 0 Å². The molecule has 0 saturated carbocycles. The van der Waals surface area contributed by atoms with Gasteiger partial charge in [0.05, 0.1) is 19.5 Å². The van der Waals surface area contributed by atoms with Crippen LogP contribution in [-0.4, -0.2) is 31.3 Å². The minimum atomic E-state index is -0.722. The van der Waals surface area contributed by atoms with Gasteiger partial charge in [0, 0.05) is 5.69 Å². The van der Waals surface area contributed by atoms with Crippen LogP contribution in [0.15, 0.2) is 34.9 Å². The van der Waals surface area contributed by atoms with E-state index in [9.17, 15) is 14.9 Å². The average molecular weight is 318 g/mol. The molecule has 1 fully saturated rings. The second kappa shape index (κ2) is 7.00. The van der Waals surface area contributed by atoms with Crippen molar-refractivity contribution in [2.45, 2.75) is 6.92 Å². The number of carbonyl (C=O) groups is 2. The number of nitrogens with zero attached hydrogens (tertiary/aromatic N) is 2. The first-order valence-electron chi connectivity index (χ1n) is 6.53. The van der Waals surface area contributed by atoms with Crippen LogP contribution in [0.1, 0.15) is 6.92 Å². The van der Waals surface area contributed by atoms with Crippen molar-refractivity contribution < 1.29 is 19.1 Å². The highest BCUT2D eigenvalue weighted by atomic mass is 32.2. The maximum Gasteiger partial charge on any atom is 0.351 e. The highest BCUT2D eigenvalue weighted by molar-refractivity contribution is 8.04. The van der Waals surface area contributed by atoms with Gasteiger partial charge in [0.1, 0.15) is 16.8 Å². The first kappa shape index (κ1) is 15.9. The standard InChI is InChI=1S/C15H14N2O4S/c1-3-21-15(19)12(8-16)14-17(13(18)9-22-14)10-4-6-11(20-2)7-5-10/h4-7H,3,9H2,1-2H3/b14-12-. The molecule has 1 aliphatic rings. The fourth-order valence-electron chi connectivity index (χ4n) is 1.93. The van der Waals surface area contributed by atoms with E-state index < -0.39 is 5.97 Å². The van der Waals surface area contributed by atoms with Gasteiger partial charge in [-0.05, 0) is 31.2 Å². The molecule has 0 atom stereocenters. The number of rotatable bonds is 4. The van der Waals surface area contributed by atoms with Crippen LogP contribution in [0.25, 0.3) is 0 Å². The van der Waals surface area contributed by atoms with E-state index >= 15 is 0 Å². The zero-order chi connectivity index (χ0) is 16.1. The van der Waals surface area contributed by atoms with Crippen molar-refractivity contribution in [2.24, 2.45) is 0 Å². The van der Waals surface area contributed by atoms with E-state index in [1.807, 2.05) is 6.07 Å². The molecule has 114 valence electrons. The smallest absolute Gasteiger partial charge is 0.351 e. The van der Waals surface area contributed by atoms with Gasteiger partial charge in [0.25, 0.3) is 0 Å². The number of methoxy groups -OCH3 is 1. The molecule has 2 rings (SSSR count). The van der Waals surface area contributed by atoms with Gasteiger partial charge in [-0.25, -0.2) is 4.79 Å². The molecular weight excluding hydrogens is 304 g/mol. The van der Waals surface area contributed by atoms with Crippen molar-refractivity contribution in [3.05, 3.63) is 34.9 Å². The third-order valence-electron chi connectivity index (χ3n) is 2.92. The van der Waals surface area contributed by atoms with Crippen molar-refractivity contribution in [1.29, 1.82) is 5.26 Å². The molecule has 1 heterocycles. The SMILES string of the molecule is CCOC(=O)/C(C#N)=C1\SCC(=O)N1c1ccc(OC)cc1. The number of amides is 1. The summed E-state index contributed by atoms with van der Waals surface area (Å²) in [5.74, 6) is -0.0891. The largest absolute Gasteiger partial charge is 0.497 e. The quantitative estimate of drug-likeness (QED) is 0.480. The van der Waals surface area contributed by atoms with Gasteiger partial charge in [0.2, 0.25) is 5.91 Å². The third kappa shape index (κ3) is 3.07. The summed E-state index contributed by atoms with van der Waals surface area (Å²) < 4.78 is 9.95. The van der Waals surface area contributed by atoms with Gasteiger partial charge in [-0.15, -0.1) is 0 Å². The summed E-state index contributed by atoms with van der Waals surface area (Å²) in [7, 11) is 1.55. The highest BCUT2D eigenvalue weighted by Crippen LogP contribution is 2.36. The van der Waals surface area contributed by atoms with Crippen LogP contribution in [0.3, 0.4) is 0 Å². The Balaban J connectivity index is 2.44. The zero-order valence-corrected chi connectivity index (χ0v) is 13.0. The summed E-state index contributed by atoms with van der Waals surface area (Å²) in [6.07, 6.45) is 0. The third-order valence-corrected chi connectivity index (χ3v) is 3.97. The fourth-order valence-corrected chi connectivity index (χ4v) is 2.93. The maximum atomic E-state index is 12.1. The van der Waals surface area contributed by atoms with Gasteiger partial charge >= 0.3 is 5.97 Å². The molecule has 0 spiro atoms. The lowest BCUT2D eigenvalue weighted by Gasteiger charge is -2.18. The van der Waals surface area contributed by atoms with E-state index in [2.05, 4.69) is 0 Å². The summed E-state index contributed by atoms with van der Waals surface area (Å²) in [6, 6.07) is 8.65. The van der Waals surface area contributed by atoms with Crippen LogP contribution in [0, 0.1) is 11.3 Å². The minimum absolute atomic E-state index is 0.159. The van der Waals surface area contributed by atoms with Crippen molar-refractivity contribution in [3.63, 3.8) is 0 Å². The topological polar surface area (TPSA) is 79.6 Å². The van der Waals surface area contributed by atoms with E-state index in [0.29, 0.717) is 16.5 Å². The average Bonchev–Trinajstić information content (AvgIpc) is 2.90. The number of benzene rings is 1. The molecule has 0 bridgehead atoms. The van der Waals surface area contributed by atoms with Crippen LogP contribution >= 0.6 is 11.8 Å². The Bertz CT molecular complexity index is 661. The number of nitriles is 1. The molecule has 0 aromatic heterocycles. The molecule has 22 heavy (non-hydrogen) atoms. The van der Waals surface area contributed by atoms with E-state index in [-0.39, 0.29) is 23.8 Å². The lowest BCUT2D eigenvalue weighted by Crippen LogP contribution is -2.26. The summed E-state index contributed by atoms with van der Waals surface area (Å²) in [5.41, 5.74) is 0.413. The molecule has 0 aliphatic carbocycles. The van der Waals surface area contributed by atoms with Crippen molar-refractivity contribution >= 4 is 29.3 Å². The molecule has 6 nitrogen and oxygen atoms in total. The van der Waals surface area contributed by atoms with Gasteiger partial charge in [-0.1, -0.05) is 11.8 Å². The van der Waals surface area contributed by atoms with Crippen LogP contribution in [0.5, 0.6) is 5.75 Å². The molecular formula is C15H14N2O4S. The summed E-state index contributed by atoms with van der Waals surface area (Å²) in [6.45, 7) is 1.82. The maximum absolute atomic E-state index is 12.1. The Morgan fingerprint density at radius 2 is 2.09 bits per heavy atom. The molecule has 1 saturated heterocycles. The van der Waals surface area contributed by atoms with Gasteiger partial charge in [-0.2, -0.15) is 5.26 Å². The Kier molecular flexibility index (Phi) is 5.07. The monoisotopic (exact) mass is 318 g/mol. The fraction of sp³-hybridized carbons (Fsp3) is 0.267. The molecule has 0 unspecified atom stereocenters. The Labute approximate surface area is 132 Å². The van der Waals surface area contributed by atoms with Gasteiger partial charge < -0.3 is 9.47 Å². The number of hydrogen-bond donors (Lipinski definition) is 0. The summed E-state index contributed by atoms with van der Waals surface area (Å²) >= 11 is 1.15. The molecule has 1 aromatic carbocycles. The van der Waals surface area contributed by atoms with E-state index in [0.717, 1.165) is 11.8 Å². The Morgan fingerprint density at radius 1 is 1.41 bits per heavy atom. The minimum Gasteiger partial charge on any atom is -0.497 e. The van der Waals surface area contributed by atoms with Crippen molar-refractivity contribution in [3.8, 4) is 11.8 Å². The first-order chi connectivity index (χ1) is 10.6. The van der Waals surface area contributed by atoms with Crippen LogP contribution in [0.4, 0.5) is 5.69 Å².